The zero-order chi connectivity index (χ0) is 26.2. The number of halogens is 1. The molecule has 4 aromatic heterocycles. The van der Waals surface area contributed by atoms with Crippen LogP contribution in [0, 0.1) is 5.82 Å². The fraction of sp³-hybridized carbons (Fsp3) is 0.200. The normalized spacial score (nSPS) is 14.0. The average molecular weight is 520 g/mol. The lowest BCUT2D eigenvalue weighted by atomic mass is 10.0. The van der Waals surface area contributed by atoms with Crippen molar-refractivity contribution in [2.75, 3.05) is 26.2 Å². The molecule has 0 bridgehead atoms. The largest absolute Gasteiger partial charge is 0.492 e. The summed E-state index contributed by atoms with van der Waals surface area (Å²) >= 11 is 0. The highest BCUT2D eigenvalue weighted by Gasteiger charge is 2.17. The van der Waals surface area contributed by atoms with E-state index in [0.29, 0.717) is 29.4 Å². The number of nitrogens with zero attached hydrogens (tertiary/aromatic N) is 5. The summed E-state index contributed by atoms with van der Waals surface area (Å²) in [6.07, 6.45) is 7.44. The zero-order valence-electron chi connectivity index (χ0n) is 21.2. The molecule has 5 heterocycles. The van der Waals surface area contributed by atoms with E-state index in [1.807, 2.05) is 42.5 Å². The number of benzene rings is 2. The van der Waals surface area contributed by atoms with Crippen LogP contribution in [0.15, 0.2) is 73.2 Å². The van der Waals surface area contributed by atoms with Crippen LogP contribution in [0.4, 0.5) is 4.39 Å². The highest BCUT2D eigenvalue weighted by Crippen LogP contribution is 2.35. The molecule has 6 aromatic rings. The fourth-order valence-corrected chi connectivity index (χ4v) is 5.30. The Morgan fingerprint density at radius 3 is 2.74 bits per heavy atom. The topological polar surface area (TPSA) is 95.6 Å². The SMILES string of the molecule is Fc1cc(OCCN2CCCC2)cc(-c2cccc3[nH]c(-c4n[nH]c5ccc(-c6cnccn6)nc45)cc23)c1. The van der Waals surface area contributed by atoms with Gasteiger partial charge in [0.15, 0.2) is 0 Å². The third kappa shape index (κ3) is 4.61. The number of aromatic nitrogens is 6. The van der Waals surface area contributed by atoms with E-state index in [1.165, 1.54) is 18.9 Å². The van der Waals surface area contributed by atoms with Gasteiger partial charge in [0.25, 0.3) is 0 Å². The average Bonchev–Trinajstić information content (AvgIpc) is 3.72. The predicted molar refractivity (Wildman–Crippen MR) is 149 cm³/mol. The van der Waals surface area contributed by atoms with E-state index in [4.69, 9.17) is 9.72 Å². The molecule has 0 atom stereocenters. The van der Waals surface area contributed by atoms with Crippen molar-refractivity contribution in [3.63, 3.8) is 0 Å². The van der Waals surface area contributed by atoms with Gasteiger partial charge in [0, 0.05) is 35.9 Å². The van der Waals surface area contributed by atoms with Crippen molar-refractivity contribution in [1.29, 1.82) is 0 Å². The van der Waals surface area contributed by atoms with Gasteiger partial charge in [-0.05, 0) is 73.5 Å². The molecule has 1 aliphatic heterocycles. The first-order valence-electron chi connectivity index (χ1n) is 13.1. The first kappa shape index (κ1) is 23.5. The fourth-order valence-electron chi connectivity index (χ4n) is 5.30. The van der Waals surface area contributed by atoms with E-state index in [9.17, 15) is 4.39 Å². The minimum Gasteiger partial charge on any atom is -0.492 e. The van der Waals surface area contributed by atoms with Crippen molar-refractivity contribution in [2.24, 2.45) is 0 Å². The summed E-state index contributed by atoms with van der Waals surface area (Å²) < 4.78 is 20.7. The minimum atomic E-state index is -0.324. The molecule has 0 spiro atoms. The molecule has 1 aliphatic rings. The second kappa shape index (κ2) is 9.92. The molecule has 0 amide bonds. The van der Waals surface area contributed by atoms with Gasteiger partial charge < -0.3 is 9.72 Å². The predicted octanol–water partition coefficient (Wildman–Crippen LogP) is 5.84. The molecule has 2 aromatic carbocycles. The molecular formula is C30H26FN7O. The maximum Gasteiger partial charge on any atom is 0.135 e. The molecule has 1 fully saturated rings. The van der Waals surface area contributed by atoms with Crippen molar-refractivity contribution in [3.8, 4) is 39.7 Å². The third-order valence-electron chi connectivity index (χ3n) is 7.21. The highest BCUT2D eigenvalue weighted by atomic mass is 19.1. The molecule has 1 saturated heterocycles. The number of H-pyrrole nitrogens is 2. The molecule has 39 heavy (non-hydrogen) atoms. The smallest absolute Gasteiger partial charge is 0.135 e. The summed E-state index contributed by atoms with van der Waals surface area (Å²) in [5, 5.41) is 8.59. The van der Waals surface area contributed by atoms with E-state index < -0.39 is 0 Å². The Labute approximate surface area is 223 Å². The molecule has 0 aliphatic carbocycles. The molecule has 8 nitrogen and oxygen atoms in total. The van der Waals surface area contributed by atoms with Gasteiger partial charge in [0.05, 0.1) is 23.1 Å². The monoisotopic (exact) mass is 519 g/mol. The van der Waals surface area contributed by atoms with Crippen LogP contribution in [0.5, 0.6) is 5.75 Å². The van der Waals surface area contributed by atoms with E-state index in [-0.39, 0.29) is 5.82 Å². The summed E-state index contributed by atoms with van der Waals surface area (Å²) in [7, 11) is 0. The van der Waals surface area contributed by atoms with Crippen LogP contribution in [-0.4, -0.2) is 61.3 Å². The number of fused-ring (bicyclic) bond motifs is 2. The number of pyridine rings is 1. The second-order valence-corrected chi connectivity index (χ2v) is 9.78. The van der Waals surface area contributed by atoms with Crippen LogP contribution in [0.25, 0.3) is 55.8 Å². The summed E-state index contributed by atoms with van der Waals surface area (Å²) in [6.45, 7) is 3.61. The number of aromatic amines is 2. The summed E-state index contributed by atoms with van der Waals surface area (Å²) in [6, 6.07) is 16.7. The first-order valence-corrected chi connectivity index (χ1v) is 13.1. The number of hydrogen-bond acceptors (Lipinski definition) is 6. The quantitative estimate of drug-likeness (QED) is 0.275. The maximum atomic E-state index is 14.7. The van der Waals surface area contributed by atoms with Crippen molar-refractivity contribution in [1.82, 2.24) is 35.0 Å². The van der Waals surface area contributed by atoms with Gasteiger partial charge in [-0.2, -0.15) is 5.10 Å². The van der Waals surface area contributed by atoms with Crippen LogP contribution in [0.2, 0.25) is 0 Å². The Kier molecular flexibility index (Phi) is 5.97. The van der Waals surface area contributed by atoms with Crippen LogP contribution >= 0.6 is 0 Å². The molecule has 2 N–H and O–H groups in total. The summed E-state index contributed by atoms with van der Waals surface area (Å²) in [5.74, 6) is 0.214. The molecule has 0 radical (unpaired) electrons. The Morgan fingerprint density at radius 1 is 0.949 bits per heavy atom. The van der Waals surface area contributed by atoms with Crippen LogP contribution in [-0.2, 0) is 0 Å². The lowest BCUT2D eigenvalue weighted by Gasteiger charge is -2.15. The summed E-state index contributed by atoms with van der Waals surface area (Å²) in [4.78, 5) is 19.2. The number of hydrogen-bond donors (Lipinski definition) is 2. The van der Waals surface area contributed by atoms with Crippen molar-refractivity contribution < 1.29 is 9.13 Å². The molecule has 7 rings (SSSR count). The van der Waals surface area contributed by atoms with Gasteiger partial charge in [-0.3, -0.25) is 20.0 Å². The van der Waals surface area contributed by atoms with Gasteiger partial charge in [0.2, 0.25) is 0 Å². The zero-order valence-corrected chi connectivity index (χ0v) is 21.2. The van der Waals surface area contributed by atoms with Gasteiger partial charge in [0.1, 0.15) is 35.1 Å². The Morgan fingerprint density at radius 2 is 1.87 bits per heavy atom. The number of rotatable bonds is 7. The van der Waals surface area contributed by atoms with E-state index in [1.54, 1.807) is 24.7 Å². The standard InChI is InChI=1S/C30H26FN7O/c31-20-14-19(15-21(16-20)39-13-12-38-10-1-2-11-38)22-4-3-5-24-23(22)17-27(34-24)30-29-26(36-37-30)7-6-25(35-29)28-18-32-8-9-33-28/h3-9,14-18,34H,1-2,10-13H2,(H,36,37). The highest BCUT2D eigenvalue weighted by molar-refractivity contribution is 6.00. The molecule has 9 heteroatoms. The molecule has 0 saturated carbocycles. The van der Waals surface area contributed by atoms with Gasteiger partial charge >= 0.3 is 0 Å². The first-order chi connectivity index (χ1) is 19.2. The van der Waals surface area contributed by atoms with Gasteiger partial charge in [-0.25, -0.2) is 9.37 Å². The van der Waals surface area contributed by atoms with E-state index in [0.717, 1.165) is 58.4 Å². The number of likely N-dealkylation sites (tertiary alicyclic amines) is 1. The minimum absolute atomic E-state index is 0.324. The van der Waals surface area contributed by atoms with E-state index in [2.05, 4.69) is 30.0 Å². The van der Waals surface area contributed by atoms with Crippen LogP contribution in [0.1, 0.15) is 12.8 Å². The van der Waals surface area contributed by atoms with Crippen molar-refractivity contribution in [3.05, 3.63) is 79.0 Å². The summed E-state index contributed by atoms with van der Waals surface area (Å²) in [5.41, 5.74) is 7.05. The van der Waals surface area contributed by atoms with E-state index >= 15 is 0 Å². The lowest BCUT2D eigenvalue weighted by Crippen LogP contribution is -2.25. The van der Waals surface area contributed by atoms with Gasteiger partial charge in [-0.1, -0.05) is 12.1 Å². The molecule has 0 unspecified atom stereocenters. The van der Waals surface area contributed by atoms with Crippen molar-refractivity contribution in [2.45, 2.75) is 12.8 Å². The Hall–Kier alpha value is -4.63. The van der Waals surface area contributed by atoms with Crippen LogP contribution < -0.4 is 4.74 Å². The van der Waals surface area contributed by atoms with Crippen molar-refractivity contribution >= 4 is 21.9 Å². The van der Waals surface area contributed by atoms with Gasteiger partial charge in [-0.15, -0.1) is 0 Å². The molecular weight excluding hydrogens is 493 g/mol. The second-order valence-electron chi connectivity index (χ2n) is 9.78. The Bertz CT molecular complexity index is 1770. The lowest BCUT2D eigenvalue weighted by molar-refractivity contribution is 0.237. The van der Waals surface area contributed by atoms with Crippen LogP contribution in [0.3, 0.4) is 0 Å². The maximum absolute atomic E-state index is 14.7. The Balaban J connectivity index is 1.23. The molecule has 194 valence electrons. The third-order valence-corrected chi connectivity index (χ3v) is 7.21. The number of nitrogens with one attached hydrogen (secondary N) is 2. The number of ether oxygens (including phenoxy) is 1.